The molecule has 3 heterocycles. The summed E-state index contributed by atoms with van der Waals surface area (Å²) in [5.41, 5.74) is 2.29. The van der Waals surface area contributed by atoms with Gasteiger partial charge in [-0.05, 0) is 51.1 Å². The molecule has 5 rings (SSSR count). The van der Waals surface area contributed by atoms with Crippen molar-refractivity contribution in [3.05, 3.63) is 88.6 Å². The molecule has 13 heteroatoms. The van der Waals surface area contributed by atoms with Crippen molar-refractivity contribution in [1.29, 1.82) is 0 Å². The van der Waals surface area contributed by atoms with E-state index in [0.717, 1.165) is 5.69 Å². The second-order valence-electron chi connectivity index (χ2n) is 10.3. The van der Waals surface area contributed by atoms with Crippen LogP contribution in [0.2, 0.25) is 0 Å². The molecule has 12 nitrogen and oxygen atoms in total. The quantitative estimate of drug-likeness (QED) is 0.264. The van der Waals surface area contributed by atoms with Crippen LogP contribution in [0.15, 0.2) is 57.5 Å². The van der Waals surface area contributed by atoms with E-state index in [9.17, 15) is 19.7 Å². The zero-order valence-corrected chi connectivity index (χ0v) is 26.2. The van der Waals surface area contributed by atoms with E-state index >= 15 is 0 Å². The smallest absolute Gasteiger partial charge is 0.271 e. The van der Waals surface area contributed by atoms with Crippen molar-refractivity contribution < 1.29 is 23.9 Å². The van der Waals surface area contributed by atoms with Crippen molar-refractivity contribution in [2.75, 3.05) is 58.5 Å². The van der Waals surface area contributed by atoms with E-state index in [0.29, 0.717) is 82.6 Å². The van der Waals surface area contributed by atoms with Crippen molar-refractivity contribution >= 4 is 34.7 Å². The lowest BCUT2D eigenvalue weighted by Crippen LogP contribution is -2.43. The maximum absolute atomic E-state index is 14.3. The zero-order valence-electron chi connectivity index (χ0n) is 25.4. The first-order valence-corrected chi connectivity index (χ1v) is 15.2. The molecule has 1 aromatic heterocycles. The van der Waals surface area contributed by atoms with Gasteiger partial charge in [0.05, 0.1) is 48.2 Å². The van der Waals surface area contributed by atoms with Gasteiger partial charge < -0.3 is 24.0 Å². The number of morpholine rings is 1. The number of non-ortho nitro benzene ring substituents is 1. The van der Waals surface area contributed by atoms with Gasteiger partial charge in [-0.3, -0.25) is 24.3 Å². The van der Waals surface area contributed by atoms with Crippen LogP contribution in [0.5, 0.6) is 11.5 Å². The summed E-state index contributed by atoms with van der Waals surface area (Å²) in [6.45, 7) is 8.83. The third-order valence-corrected chi connectivity index (χ3v) is 8.88. The highest BCUT2D eigenvalue weighted by atomic mass is 32.1. The third-order valence-electron chi connectivity index (χ3n) is 7.89. The molecule has 0 aliphatic carbocycles. The molecule has 0 unspecified atom stereocenters. The Bertz CT molecular complexity index is 1800. The Hall–Kier alpha value is -4.49. The summed E-state index contributed by atoms with van der Waals surface area (Å²) in [5.74, 6) is 0.797. The predicted octanol–water partition coefficient (Wildman–Crippen LogP) is 2.87. The van der Waals surface area contributed by atoms with Crippen molar-refractivity contribution in [2.45, 2.75) is 26.8 Å². The van der Waals surface area contributed by atoms with E-state index in [-0.39, 0.29) is 17.2 Å². The van der Waals surface area contributed by atoms with Gasteiger partial charge in [-0.1, -0.05) is 11.3 Å². The van der Waals surface area contributed by atoms with Gasteiger partial charge in [0.1, 0.15) is 17.5 Å². The number of rotatable bonds is 9. The largest absolute Gasteiger partial charge is 0.497 e. The van der Waals surface area contributed by atoms with Crippen LogP contribution in [-0.2, 0) is 9.53 Å². The summed E-state index contributed by atoms with van der Waals surface area (Å²) >= 11 is 1.17. The standard InChI is InChI=1S/C31H35N5O7S/c1-6-33(7-2)30(38)27-19(3)32-31-35(28(27)23-18-22(41-4)9-11-25(23)42-5)29(37)26(44-31)17-20-16-21(36(39)40)8-10-24(20)34-12-14-43-15-13-34/h8-11,16-18,28H,6-7,12-15H2,1-5H3/b26-17+/t28-/m1/s1. The fraction of sp³-hybridized carbons (Fsp3) is 0.387. The maximum Gasteiger partial charge on any atom is 0.271 e. The Labute approximate surface area is 258 Å². The van der Waals surface area contributed by atoms with Crippen LogP contribution < -0.4 is 29.3 Å². The maximum atomic E-state index is 14.3. The molecule has 232 valence electrons. The molecule has 1 amide bonds. The molecule has 0 N–H and O–H groups in total. The fourth-order valence-electron chi connectivity index (χ4n) is 5.63. The summed E-state index contributed by atoms with van der Waals surface area (Å²) in [4.78, 5) is 48.5. The van der Waals surface area contributed by atoms with Gasteiger partial charge in [-0.2, -0.15) is 0 Å². The molecule has 2 aromatic carbocycles. The lowest BCUT2D eigenvalue weighted by molar-refractivity contribution is -0.384. The minimum Gasteiger partial charge on any atom is -0.497 e. The molecular formula is C31H35N5O7S. The number of fused-ring (bicyclic) bond motifs is 1. The number of benzene rings is 2. The molecule has 2 aliphatic rings. The molecule has 2 aliphatic heterocycles. The number of nitrogens with zero attached hydrogens (tertiary/aromatic N) is 5. The topological polar surface area (TPSA) is 129 Å². The van der Waals surface area contributed by atoms with Gasteiger partial charge >= 0.3 is 0 Å². The average Bonchev–Trinajstić information content (AvgIpc) is 3.34. The Kier molecular flexibility index (Phi) is 9.16. The monoisotopic (exact) mass is 621 g/mol. The first kappa shape index (κ1) is 31.0. The van der Waals surface area contributed by atoms with Crippen molar-refractivity contribution in [2.24, 2.45) is 4.99 Å². The van der Waals surface area contributed by atoms with Crippen LogP contribution in [-0.4, -0.2) is 73.9 Å². The number of methoxy groups -OCH3 is 2. The second kappa shape index (κ2) is 13.0. The predicted molar refractivity (Wildman–Crippen MR) is 167 cm³/mol. The van der Waals surface area contributed by atoms with E-state index in [1.54, 1.807) is 49.3 Å². The van der Waals surface area contributed by atoms with Crippen molar-refractivity contribution in [3.63, 3.8) is 0 Å². The number of aromatic nitrogens is 1. The minimum absolute atomic E-state index is 0.0806. The lowest BCUT2D eigenvalue weighted by atomic mass is 9.93. The summed E-state index contributed by atoms with van der Waals surface area (Å²) in [5, 5.41) is 11.7. The number of carbonyl (C=O) groups is 1. The minimum atomic E-state index is -0.852. The highest BCUT2D eigenvalue weighted by Crippen LogP contribution is 2.38. The van der Waals surface area contributed by atoms with Crippen LogP contribution in [0.4, 0.5) is 11.4 Å². The van der Waals surface area contributed by atoms with Gasteiger partial charge in [0.15, 0.2) is 4.80 Å². The molecule has 1 fully saturated rings. The van der Waals surface area contributed by atoms with Crippen molar-refractivity contribution in [3.8, 4) is 11.5 Å². The first-order valence-electron chi connectivity index (χ1n) is 14.4. The number of likely N-dealkylation sites (N-methyl/N-ethyl adjacent to an activating group) is 1. The fourth-order valence-corrected chi connectivity index (χ4v) is 6.67. The number of hydrogen-bond donors (Lipinski definition) is 0. The SMILES string of the molecule is CCN(CC)C(=O)C1=C(C)N=c2s/c(=C/c3cc([N+](=O)[O-])ccc3N3CCOCC3)c(=O)n2[C@@H]1c1cc(OC)ccc1OC. The Balaban J connectivity index is 1.77. The summed E-state index contributed by atoms with van der Waals surface area (Å²) in [6.07, 6.45) is 1.67. The van der Waals surface area contributed by atoms with Gasteiger partial charge in [-0.25, -0.2) is 4.99 Å². The molecule has 0 bridgehead atoms. The Morgan fingerprint density at radius 3 is 2.52 bits per heavy atom. The molecule has 0 radical (unpaired) electrons. The van der Waals surface area contributed by atoms with E-state index in [2.05, 4.69) is 4.90 Å². The van der Waals surface area contributed by atoms with Crippen LogP contribution in [0.25, 0.3) is 6.08 Å². The third kappa shape index (κ3) is 5.72. The van der Waals surface area contributed by atoms with Crippen LogP contribution in [0.3, 0.4) is 0 Å². The van der Waals surface area contributed by atoms with Crippen LogP contribution in [0.1, 0.15) is 37.9 Å². The normalized spacial score (nSPS) is 16.8. The zero-order chi connectivity index (χ0) is 31.5. The number of thiazole rings is 1. The van der Waals surface area contributed by atoms with Gasteiger partial charge in [0, 0.05) is 55.1 Å². The number of amides is 1. The Morgan fingerprint density at radius 2 is 1.89 bits per heavy atom. The number of carbonyl (C=O) groups excluding carboxylic acids is 1. The van der Waals surface area contributed by atoms with Gasteiger partial charge in [0.25, 0.3) is 17.2 Å². The van der Waals surface area contributed by atoms with Crippen LogP contribution in [0, 0.1) is 10.1 Å². The molecule has 1 saturated heterocycles. The van der Waals surface area contributed by atoms with Crippen molar-refractivity contribution in [1.82, 2.24) is 9.47 Å². The van der Waals surface area contributed by atoms with Gasteiger partial charge in [-0.15, -0.1) is 0 Å². The second-order valence-corrected chi connectivity index (χ2v) is 11.3. The lowest BCUT2D eigenvalue weighted by Gasteiger charge is -2.30. The van der Waals surface area contributed by atoms with E-state index in [4.69, 9.17) is 19.2 Å². The Morgan fingerprint density at radius 1 is 1.16 bits per heavy atom. The van der Waals surface area contributed by atoms with E-state index in [1.807, 2.05) is 13.8 Å². The number of hydrogen-bond acceptors (Lipinski definition) is 10. The molecule has 1 atom stereocenters. The number of ether oxygens (including phenoxy) is 3. The van der Waals surface area contributed by atoms with Crippen LogP contribution >= 0.6 is 11.3 Å². The highest BCUT2D eigenvalue weighted by Gasteiger charge is 2.36. The number of allylic oxidation sites excluding steroid dienone is 1. The molecule has 0 spiro atoms. The molecule has 3 aromatic rings. The van der Waals surface area contributed by atoms with E-state index in [1.165, 1.54) is 35.1 Å². The average molecular weight is 622 g/mol. The first-order chi connectivity index (χ1) is 21.2. The number of nitro benzene ring substituents is 1. The summed E-state index contributed by atoms with van der Waals surface area (Å²) < 4.78 is 18.6. The number of anilines is 1. The summed E-state index contributed by atoms with van der Waals surface area (Å²) in [6, 6.07) is 9.07. The highest BCUT2D eigenvalue weighted by molar-refractivity contribution is 7.07. The van der Waals surface area contributed by atoms with Gasteiger partial charge in [0.2, 0.25) is 0 Å². The van der Waals surface area contributed by atoms with E-state index < -0.39 is 11.0 Å². The molecular weight excluding hydrogens is 586 g/mol. The number of nitro groups is 1. The molecule has 44 heavy (non-hydrogen) atoms. The molecule has 0 saturated carbocycles. The summed E-state index contributed by atoms with van der Waals surface area (Å²) in [7, 11) is 3.08.